The van der Waals surface area contributed by atoms with E-state index in [0.717, 1.165) is 128 Å². The Hall–Kier alpha value is -4.19. The van der Waals surface area contributed by atoms with Crippen LogP contribution in [-0.2, 0) is 28.6 Å². The third-order valence-electron chi connectivity index (χ3n) is 14.4. The molecular weight excluding hydrogens is 997 g/mol. The highest BCUT2D eigenvalue weighted by molar-refractivity contribution is 5.71. The Morgan fingerprint density at radius 3 is 0.790 bits per heavy atom. The number of allylic oxidation sites excluding steroid dienone is 20. The zero-order valence-corrected chi connectivity index (χ0v) is 53.0. The van der Waals surface area contributed by atoms with Crippen molar-refractivity contribution in [3.8, 4) is 0 Å². The second-order valence-electron chi connectivity index (χ2n) is 22.3. The fraction of sp³-hybridized carbons (Fsp3) is 0.693. The first-order valence-electron chi connectivity index (χ1n) is 34.0. The van der Waals surface area contributed by atoms with Crippen molar-refractivity contribution < 1.29 is 28.6 Å². The fourth-order valence-electron chi connectivity index (χ4n) is 9.33. The molecule has 6 heteroatoms. The van der Waals surface area contributed by atoms with Gasteiger partial charge in [0.2, 0.25) is 0 Å². The van der Waals surface area contributed by atoms with Gasteiger partial charge >= 0.3 is 17.9 Å². The van der Waals surface area contributed by atoms with Gasteiger partial charge in [-0.3, -0.25) is 14.4 Å². The van der Waals surface area contributed by atoms with Gasteiger partial charge in [-0.2, -0.15) is 0 Å². The number of rotatable bonds is 61. The lowest BCUT2D eigenvalue weighted by atomic mass is 10.1. The summed E-state index contributed by atoms with van der Waals surface area (Å²) in [5.41, 5.74) is 0. The van der Waals surface area contributed by atoms with Crippen molar-refractivity contribution in [1.29, 1.82) is 0 Å². The van der Waals surface area contributed by atoms with Crippen molar-refractivity contribution in [2.75, 3.05) is 13.2 Å². The number of hydrogen-bond acceptors (Lipinski definition) is 6. The van der Waals surface area contributed by atoms with Gasteiger partial charge in [-0.15, -0.1) is 0 Å². The molecule has 0 aliphatic heterocycles. The molecule has 0 aliphatic rings. The van der Waals surface area contributed by atoms with Gasteiger partial charge < -0.3 is 14.2 Å². The number of hydrogen-bond donors (Lipinski definition) is 0. The van der Waals surface area contributed by atoms with E-state index < -0.39 is 6.10 Å². The van der Waals surface area contributed by atoms with Crippen LogP contribution in [0.15, 0.2) is 122 Å². The number of ether oxygens (including phenoxy) is 3. The molecule has 1 atom stereocenters. The zero-order chi connectivity index (χ0) is 58.5. The molecule has 0 N–H and O–H groups in total. The van der Waals surface area contributed by atoms with Crippen LogP contribution in [0.1, 0.15) is 316 Å². The quantitative estimate of drug-likeness (QED) is 0.0261. The number of esters is 3. The Morgan fingerprint density at radius 1 is 0.259 bits per heavy atom. The Morgan fingerprint density at radius 2 is 0.481 bits per heavy atom. The summed E-state index contributed by atoms with van der Waals surface area (Å²) >= 11 is 0. The minimum atomic E-state index is -0.795. The first kappa shape index (κ1) is 76.8. The lowest BCUT2D eigenvalue weighted by molar-refractivity contribution is -0.167. The SMILES string of the molecule is CC/C=C\C/C=C\C/C=C\C/C=C\C/C=C\C/C=C\C/C=C\CCCCCCCC(=O)OCC(COC(=O)CCCCCCCCC/C=C\CCCCCCCC)OC(=O)CCCCCCCCCCC/C=C\C/C=C\CCCCC. The predicted molar refractivity (Wildman–Crippen MR) is 353 cm³/mol. The van der Waals surface area contributed by atoms with Crippen molar-refractivity contribution in [3.63, 3.8) is 0 Å². The average molecular weight is 1120 g/mol. The highest BCUT2D eigenvalue weighted by atomic mass is 16.6. The number of unbranched alkanes of at least 4 members (excludes halogenated alkanes) is 30. The van der Waals surface area contributed by atoms with Gasteiger partial charge in [-0.1, -0.05) is 284 Å². The molecule has 0 saturated carbocycles. The van der Waals surface area contributed by atoms with Gasteiger partial charge in [0.15, 0.2) is 6.10 Å². The summed E-state index contributed by atoms with van der Waals surface area (Å²) in [5, 5.41) is 0. The maximum absolute atomic E-state index is 12.9. The van der Waals surface area contributed by atoms with Crippen LogP contribution >= 0.6 is 0 Å². The van der Waals surface area contributed by atoms with Gasteiger partial charge in [0.05, 0.1) is 0 Å². The largest absolute Gasteiger partial charge is 0.462 e. The van der Waals surface area contributed by atoms with E-state index in [2.05, 4.69) is 142 Å². The molecule has 0 rings (SSSR count). The lowest BCUT2D eigenvalue weighted by Crippen LogP contribution is -2.30. The van der Waals surface area contributed by atoms with E-state index in [1.165, 1.54) is 148 Å². The van der Waals surface area contributed by atoms with Gasteiger partial charge in [0.1, 0.15) is 13.2 Å². The average Bonchev–Trinajstić information content (AvgIpc) is 3.47. The molecule has 0 radical (unpaired) electrons. The molecule has 81 heavy (non-hydrogen) atoms. The zero-order valence-electron chi connectivity index (χ0n) is 53.0. The van der Waals surface area contributed by atoms with Gasteiger partial charge in [-0.25, -0.2) is 0 Å². The summed E-state index contributed by atoms with van der Waals surface area (Å²) in [6.07, 6.45) is 94.8. The molecule has 0 aromatic carbocycles. The molecule has 0 spiro atoms. The summed E-state index contributed by atoms with van der Waals surface area (Å²) in [5.74, 6) is -0.909. The minimum Gasteiger partial charge on any atom is -0.462 e. The third-order valence-corrected chi connectivity index (χ3v) is 14.4. The highest BCUT2D eigenvalue weighted by Gasteiger charge is 2.19. The normalized spacial score (nSPS) is 12.9. The predicted octanol–water partition coefficient (Wildman–Crippen LogP) is 23.6. The second kappa shape index (κ2) is 68.3. The van der Waals surface area contributed by atoms with E-state index in [0.29, 0.717) is 19.3 Å². The summed E-state index contributed by atoms with van der Waals surface area (Å²) in [6.45, 7) is 6.50. The topological polar surface area (TPSA) is 78.9 Å². The van der Waals surface area contributed by atoms with Crippen molar-refractivity contribution >= 4 is 17.9 Å². The molecule has 462 valence electrons. The van der Waals surface area contributed by atoms with Crippen LogP contribution < -0.4 is 0 Å². The molecule has 0 saturated heterocycles. The molecule has 0 amide bonds. The molecule has 0 aromatic heterocycles. The van der Waals surface area contributed by atoms with Crippen molar-refractivity contribution in [1.82, 2.24) is 0 Å². The summed E-state index contributed by atoms with van der Waals surface area (Å²) < 4.78 is 17.0. The highest BCUT2D eigenvalue weighted by Crippen LogP contribution is 2.16. The first-order valence-corrected chi connectivity index (χ1v) is 34.0. The van der Waals surface area contributed by atoms with Crippen LogP contribution in [0.3, 0.4) is 0 Å². The van der Waals surface area contributed by atoms with Crippen LogP contribution in [0.25, 0.3) is 0 Å². The molecular formula is C75H126O6. The summed E-state index contributed by atoms with van der Waals surface area (Å²) in [4.78, 5) is 38.4. The molecule has 0 heterocycles. The molecule has 0 aliphatic carbocycles. The number of carbonyl (C=O) groups is 3. The van der Waals surface area contributed by atoms with E-state index in [-0.39, 0.29) is 31.1 Å². The fourth-order valence-corrected chi connectivity index (χ4v) is 9.33. The van der Waals surface area contributed by atoms with Crippen LogP contribution in [0.4, 0.5) is 0 Å². The van der Waals surface area contributed by atoms with Crippen molar-refractivity contribution in [2.24, 2.45) is 0 Å². The maximum atomic E-state index is 12.9. The minimum absolute atomic E-state index is 0.0894. The van der Waals surface area contributed by atoms with E-state index >= 15 is 0 Å². The van der Waals surface area contributed by atoms with Crippen LogP contribution in [0.2, 0.25) is 0 Å². The van der Waals surface area contributed by atoms with Gasteiger partial charge in [0.25, 0.3) is 0 Å². The Balaban J connectivity index is 4.43. The smallest absolute Gasteiger partial charge is 0.306 e. The van der Waals surface area contributed by atoms with E-state index in [9.17, 15) is 14.4 Å². The number of carbonyl (C=O) groups excluding carboxylic acids is 3. The van der Waals surface area contributed by atoms with Gasteiger partial charge in [-0.05, 0) is 135 Å². The molecule has 0 bridgehead atoms. The van der Waals surface area contributed by atoms with Crippen LogP contribution in [0, 0.1) is 0 Å². The second-order valence-corrected chi connectivity index (χ2v) is 22.3. The molecule has 0 aromatic rings. The Kier molecular flexibility index (Phi) is 64.8. The standard InChI is InChI=1S/C75H126O6/c1-4-7-10-13-16-19-22-25-28-31-33-34-35-36-37-38-39-40-42-44-47-50-53-56-59-62-65-68-74(77)80-71-72(70-79-73(76)67-64-61-58-55-52-49-46-43-30-27-24-21-18-15-12-9-6-3)81-75(78)69-66-63-60-57-54-51-48-45-41-32-29-26-23-20-17-14-11-8-5-2/h7,10,16-17,19-20,25-30,33-34,36-37,39-40,44,47,72H,4-6,8-9,11-15,18,21-24,31-32,35,38,41-43,45-46,48-71H2,1-3H3/b10-7-,19-16-,20-17-,28-25-,29-26-,30-27-,34-33-,37-36-,40-39-,47-44-. The van der Waals surface area contributed by atoms with E-state index in [4.69, 9.17) is 14.2 Å². The molecule has 6 nitrogen and oxygen atoms in total. The van der Waals surface area contributed by atoms with E-state index in [1.807, 2.05) is 0 Å². The van der Waals surface area contributed by atoms with Crippen LogP contribution in [-0.4, -0.2) is 37.2 Å². The Labute approximate surface area is 501 Å². The third kappa shape index (κ3) is 66.5. The Bertz CT molecular complexity index is 1670. The van der Waals surface area contributed by atoms with Crippen molar-refractivity contribution in [2.45, 2.75) is 322 Å². The van der Waals surface area contributed by atoms with Crippen LogP contribution in [0.5, 0.6) is 0 Å². The van der Waals surface area contributed by atoms with Crippen molar-refractivity contribution in [3.05, 3.63) is 122 Å². The van der Waals surface area contributed by atoms with Gasteiger partial charge in [0, 0.05) is 19.3 Å². The lowest BCUT2D eigenvalue weighted by Gasteiger charge is -2.18. The monoisotopic (exact) mass is 1120 g/mol. The summed E-state index contributed by atoms with van der Waals surface area (Å²) in [6, 6.07) is 0. The van der Waals surface area contributed by atoms with E-state index in [1.54, 1.807) is 0 Å². The summed E-state index contributed by atoms with van der Waals surface area (Å²) in [7, 11) is 0. The molecule has 1 unspecified atom stereocenters. The molecule has 0 fully saturated rings. The maximum Gasteiger partial charge on any atom is 0.306 e. The first-order chi connectivity index (χ1) is 40.0.